The first kappa shape index (κ1) is 19.6. The maximum absolute atomic E-state index is 10.7. The number of halogens is 2. The Morgan fingerprint density at radius 3 is 2.16 bits per heavy atom. The molecule has 2 aromatic carbocycles. The molecule has 0 atom stereocenters. The van der Waals surface area contributed by atoms with Crippen LogP contribution in [-0.2, 0) is 9.09 Å². The highest BCUT2D eigenvalue weighted by Crippen LogP contribution is 2.48. The van der Waals surface area contributed by atoms with Crippen LogP contribution in [0.2, 0.25) is 0 Å². The molecule has 1 aliphatic rings. The number of benzene rings is 2. The molecule has 1 aliphatic carbocycles. The first-order valence-corrected chi connectivity index (χ1v) is 11.8. The molecule has 133 valence electrons. The van der Waals surface area contributed by atoms with Crippen molar-refractivity contribution in [1.29, 1.82) is 0 Å². The molecule has 0 spiro atoms. The van der Waals surface area contributed by atoms with Crippen LogP contribution in [0.1, 0.15) is 17.0 Å². The van der Waals surface area contributed by atoms with E-state index in [1.54, 1.807) is 11.8 Å². The van der Waals surface area contributed by atoms with Gasteiger partial charge in [-0.25, -0.2) is 4.57 Å². The third-order valence-electron chi connectivity index (χ3n) is 3.93. The molecule has 8 heteroatoms. The predicted molar refractivity (Wildman–Crippen MR) is 109 cm³/mol. The minimum Gasteiger partial charge on any atom is -0.303 e. The fraction of sp³-hybridized carbons (Fsp3) is 0.235. The lowest BCUT2D eigenvalue weighted by Crippen LogP contribution is -2.01. The predicted octanol–water partition coefficient (Wildman–Crippen LogP) is 5.37. The number of phosphoric ester groups is 1. The van der Waals surface area contributed by atoms with E-state index in [1.807, 2.05) is 0 Å². The molecular formula is C17H16Br2O4PS. The Balaban J connectivity index is 1.67. The Morgan fingerprint density at radius 2 is 1.64 bits per heavy atom. The zero-order chi connectivity index (χ0) is 18.0. The molecule has 2 aromatic rings. The van der Waals surface area contributed by atoms with Gasteiger partial charge < -0.3 is 9.79 Å². The fourth-order valence-corrected chi connectivity index (χ4v) is 4.82. The summed E-state index contributed by atoms with van der Waals surface area (Å²) in [6, 6.07) is 12.7. The van der Waals surface area contributed by atoms with Crippen LogP contribution < -0.4 is 0 Å². The van der Waals surface area contributed by atoms with Crippen LogP contribution in [0.4, 0.5) is 0 Å². The Kier molecular flexibility index (Phi) is 6.48. The van der Waals surface area contributed by atoms with Crippen LogP contribution in [0.15, 0.2) is 45.3 Å². The highest BCUT2D eigenvalue weighted by molar-refractivity contribution is 9.10. The average molecular weight is 507 g/mol. The van der Waals surface area contributed by atoms with Gasteiger partial charge >= 0.3 is 7.82 Å². The Bertz CT molecular complexity index is 773. The maximum Gasteiger partial charge on any atom is 0.469 e. The Labute approximate surface area is 167 Å². The molecule has 1 radical (unpaired) electrons. The zero-order valence-electron chi connectivity index (χ0n) is 13.1. The van der Waals surface area contributed by atoms with Gasteiger partial charge in [-0.2, -0.15) is 11.8 Å². The van der Waals surface area contributed by atoms with E-state index < -0.39 is 7.82 Å². The summed E-state index contributed by atoms with van der Waals surface area (Å²) in [5, 5.41) is 0. The lowest BCUT2D eigenvalue weighted by atomic mass is 9.94. The molecular weight excluding hydrogens is 491 g/mol. The third kappa shape index (κ3) is 4.98. The van der Waals surface area contributed by atoms with Gasteiger partial charge in [-0.3, -0.25) is 4.52 Å². The molecule has 0 amide bonds. The van der Waals surface area contributed by atoms with Gasteiger partial charge in [-0.05, 0) is 58.7 Å². The molecule has 0 saturated heterocycles. The van der Waals surface area contributed by atoms with E-state index in [2.05, 4.69) is 79.2 Å². The quantitative estimate of drug-likeness (QED) is 0.390. The summed E-state index contributed by atoms with van der Waals surface area (Å²) in [4.78, 5) is 17.3. The topological polar surface area (TPSA) is 66.8 Å². The second-order valence-electron chi connectivity index (χ2n) is 5.58. The second-order valence-corrected chi connectivity index (χ2v) is 9.80. The standard InChI is InChI=1S/C17H16Br2O4PS/c18-11-1-3-13-15(5-7-25-8-6-23-24(20,21)22)14-4-2-12(19)10-17(14)16(13)9-11/h1-5,9-10,15H,6-8H2,(H2,20,21,22). The van der Waals surface area contributed by atoms with Crippen LogP contribution in [0, 0.1) is 6.42 Å². The third-order valence-corrected chi connectivity index (χ3v) is 6.32. The number of fused-ring (bicyclic) bond motifs is 3. The molecule has 0 unspecified atom stereocenters. The molecule has 0 bridgehead atoms. The van der Waals surface area contributed by atoms with E-state index in [1.165, 1.54) is 22.3 Å². The summed E-state index contributed by atoms with van der Waals surface area (Å²) in [5.41, 5.74) is 5.04. The highest BCUT2D eigenvalue weighted by atomic mass is 79.9. The molecule has 25 heavy (non-hydrogen) atoms. The van der Waals surface area contributed by atoms with Gasteiger partial charge in [-0.1, -0.05) is 44.0 Å². The summed E-state index contributed by atoms with van der Waals surface area (Å²) < 4.78 is 17.2. The monoisotopic (exact) mass is 505 g/mol. The van der Waals surface area contributed by atoms with E-state index in [0.29, 0.717) is 5.75 Å². The smallest absolute Gasteiger partial charge is 0.303 e. The number of thioether (sulfide) groups is 1. The van der Waals surface area contributed by atoms with Crippen molar-refractivity contribution in [2.45, 2.75) is 5.92 Å². The van der Waals surface area contributed by atoms with Gasteiger partial charge in [0.2, 0.25) is 0 Å². The molecule has 0 aliphatic heterocycles. The van der Waals surface area contributed by atoms with Gasteiger partial charge in [0.1, 0.15) is 0 Å². The van der Waals surface area contributed by atoms with Crippen molar-refractivity contribution in [3.8, 4) is 11.1 Å². The molecule has 0 heterocycles. The molecule has 2 N–H and O–H groups in total. The minimum absolute atomic E-state index is 0.0422. The first-order valence-electron chi connectivity index (χ1n) is 7.55. The molecule has 0 aromatic heterocycles. The maximum atomic E-state index is 10.7. The van der Waals surface area contributed by atoms with Crippen molar-refractivity contribution in [1.82, 2.24) is 0 Å². The van der Waals surface area contributed by atoms with Crippen molar-refractivity contribution in [3.63, 3.8) is 0 Å². The van der Waals surface area contributed by atoms with E-state index in [0.717, 1.165) is 14.7 Å². The summed E-state index contributed by atoms with van der Waals surface area (Å²) >= 11 is 8.69. The lowest BCUT2D eigenvalue weighted by molar-refractivity contribution is 0.208. The van der Waals surface area contributed by atoms with Crippen molar-refractivity contribution in [2.75, 3.05) is 18.1 Å². The van der Waals surface area contributed by atoms with Gasteiger partial charge in [-0.15, -0.1) is 0 Å². The molecule has 0 saturated carbocycles. The number of hydrogen-bond donors (Lipinski definition) is 2. The number of hydrogen-bond acceptors (Lipinski definition) is 3. The largest absolute Gasteiger partial charge is 0.469 e. The first-order chi connectivity index (χ1) is 11.8. The highest BCUT2D eigenvalue weighted by Gasteiger charge is 2.28. The summed E-state index contributed by atoms with van der Waals surface area (Å²) in [6.07, 6.45) is 2.24. The molecule has 4 nitrogen and oxygen atoms in total. The van der Waals surface area contributed by atoms with Crippen molar-refractivity contribution < 1.29 is 18.9 Å². The van der Waals surface area contributed by atoms with Crippen molar-refractivity contribution >= 4 is 51.4 Å². The van der Waals surface area contributed by atoms with Gasteiger partial charge in [0.15, 0.2) is 0 Å². The SMILES string of the molecule is O=P(O)(O)OCCSC[CH]C1c2ccc(Br)cc2-c2cc(Br)ccc21. The zero-order valence-corrected chi connectivity index (χ0v) is 17.9. The Hall–Kier alpha value is -0.140. The minimum atomic E-state index is -4.36. The van der Waals surface area contributed by atoms with Crippen LogP contribution in [-0.4, -0.2) is 27.9 Å². The second kappa shape index (κ2) is 8.26. The van der Waals surface area contributed by atoms with Crippen LogP contribution in [0.3, 0.4) is 0 Å². The van der Waals surface area contributed by atoms with Gasteiger partial charge in [0.25, 0.3) is 0 Å². The van der Waals surface area contributed by atoms with E-state index in [-0.39, 0.29) is 12.5 Å². The normalized spacial score (nSPS) is 13.8. The summed E-state index contributed by atoms with van der Waals surface area (Å²) in [7, 11) is -4.36. The summed E-state index contributed by atoms with van der Waals surface area (Å²) in [5.74, 6) is 1.54. The van der Waals surface area contributed by atoms with Gasteiger partial charge in [0, 0.05) is 20.6 Å². The van der Waals surface area contributed by atoms with Crippen molar-refractivity contribution in [2.24, 2.45) is 0 Å². The van der Waals surface area contributed by atoms with E-state index in [9.17, 15) is 4.57 Å². The number of rotatable bonds is 7. The van der Waals surface area contributed by atoms with Crippen molar-refractivity contribution in [3.05, 3.63) is 62.9 Å². The van der Waals surface area contributed by atoms with Gasteiger partial charge in [0.05, 0.1) is 6.61 Å². The number of phosphoric acid groups is 1. The van der Waals surface area contributed by atoms with E-state index in [4.69, 9.17) is 9.79 Å². The van der Waals surface area contributed by atoms with Crippen LogP contribution in [0.25, 0.3) is 11.1 Å². The Morgan fingerprint density at radius 1 is 1.08 bits per heavy atom. The summed E-state index contributed by atoms with van der Waals surface area (Å²) in [6.45, 7) is 0.0422. The molecule has 0 fully saturated rings. The van der Waals surface area contributed by atoms with E-state index >= 15 is 0 Å². The lowest BCUT2D eigenvalue weighted by Gasteiger charge is -2.13. The van der Waals surface area contributed by atoms with Crippen LogP contribution in [0.5, 0.6) is 0 Å². The fourth-order valence-electron chi connectivity index (χ4n) is 2.95. The molecule has 3 rings (SSSR count). The van der Waals surface area contributed by atoms with Crippen LogP contribution >= 0.6 is 51.4 Å². The average Bonchev–Trinajstić information content (AvgIpc) is 2.82.